The van der Waals surface area contributed by atoms with Crippen molar-refractivity contribution in [2.45, 2.75) is 38.0 Å². The van der Waals surface area contributed by atoms with E-state index in [4.69, 9.17) is 4.74 Å². The number of hydrogen-bond acceptors (Lipinski definition) is 2. The zero-order valence-corrected chi connectivity index (χ0v) is 12.9. The predicted molar refractivity (Wildman–Crippen MR) is 81.6 cm³/mol. The average molecular weight is 281 g/mol. The van der Waals surface area contributed by atoms with E-state index in [-0.39, 0.29) is 10.8 Å². The normalized spacial score (nSPS) is 14.7. The van der Waals surface area contributed by atoms with E-state index in [2.05, 4.69) is 11.3 Å². The molecule has 0 saturated heterocycles. The fourth-order valence-corrected chi connectivity index (χ4v) is 2.41. The molecule has 106 valence electrons. The highest BCUT2D eigenvalue weighted by Crippen LogP contribution is 2.22. The lowest BCUT2D eigenvalue weighted by Gasteiger charge is -2.24. The number of methoxy groups -OCH3 is 1. The Balaban J connectivity index is 2.87. The van der Waals surface area contributed by atoms with E-state index in [1.807, 2.05) is 51.1 Å². The van der Waals surface area contributed by atoms with E-state index >= 15 is 0 Å². The van der Waals surface area contributed by atoms with Gasteiger partial charge in [-0.2, -0.15) is 0 Å². The molecule has 0 aliphatic heterocycles. The molecule has 0 saturated carbocycles. The van der Waals surface area contributed by atoms with Crippen molar-refractivity contribution in [3.8, 4) is 5.75 Å². The summed E-state index contributed by atoms with van der Waals surface area (Å²) in [7, 11) is 0.536. The van der Waals surface area contributed by atoms with Gasteiger partial charge < -0.3 is 4.74 Å². The first-order valence-electron chi connectivity index (χ1n) is 6.31. The fourth-order valence-electron chi connectivity index (χ4n) is 1.56. The van der Waals surface area contributed by atoms with Gasteiger partial charge in [0.05, 0.1) is 22.8 Å². The summed E-state index contributed by atoms with van der Waals surface area (Å²) >= 11 is 0. The Labute approximate surface area is 118 Å². The molecule has 0 spiro atoms. The summed E-state index contributed by atoms with van der Waals surface area (Å²) < 4.78 is 20.2. The van der Waals surface area contributed by atoms with Crippen LogP contribution in [-0.4, -0.2) is 16.1 Å². The molecular weight excluding hydrogens is 258 g/mol. The van der Waals surface area contributed by atoms with E-state index in [0.717, 1.165) is 17.7 Å². The van der Waals surface area contributed by atoms with Crippen molar-refractivity contribution in [3.63, 3.8) is 0 Å². The minimum atomic E-state index is -1.11. The van der Waals surface area contributed by atoms with Crippen LogP contribution in [0.1, 0.15) is 38.8 Å². The number of rotatable bonds is 6. The molecule has 1 rings (SSSR count). The molecule has 0 aromatic heterocycles. The molecule has 0 amide bonds. The van der Waals surface area contributed by atoms with Crippen LogP contribution >= 0.6 is 0 Å². The van der Waals surface area contributed by atoms with Crippen molar-refractivity contribution in [1.82, 2.24) is 4.72 Å². The molecule has 0 fully saturated rings. The summed E-state index contributed by atoms with van der Waals surface area (Å²) in [6, 6.07) is 7.79. The third-order valence-corrected chi connectivity index (χ3v) is 4.34. The lowest BCUT2D eigenvalue weighted by Crippen LogP contribution is -2.35. The quantitative estimate of drug-likeness (QED) is 0.812. The molecule has 0 bridgehead atoms. The summed E-state index contributed by atoms with van der Waals surface area (Å²) in [6.45, 7) is 9.63. The highest BCUT2D eigenvalue weighted by molar-refractivity contribution is 7.84. The Morgan fingerprint density at radius 3 is 2.37 bits per heavy atom. The summed E-state index contributed by atoms with van der Waals surface area (Å²) in [5, 5.41) is 0. The first-order valence-corrected chi connectivity index (χ1v) is 7.46. The maximum atomic E-state index is 12.2. The van der Waals surface area contributed by atoms with Gasteiger partial charge in [0, 0.05) is 6.04 Å². The average Bonchev–Trinajstić information content (AvgIpc) is 2.37. The zero-order valence-electron chi connectivity index (χ0n) is 12.1. The van der Waals surface area contributed by atoms with Gasteiger partial charge in [-0.25, -0.2) is 8.93 Å². The molecule has 3 nitrogen and oxygen atoms in total. The van der Waals surface area contributed by atoms with Gasteiger partial charge >= 0.3 is 0 Å². The Morgan fingerprint density at radius 1 is 1.37 bits per heavy atom. The van der Waals surface area contributed by atoms with E-state index < -0.39 is 11.0 Å². The summed E-state index contributed by atoms with van der Waals surface area (Å²) in [5.74, 6) is 0.818. The largest absolute Gasteiger partial charge is 0.497 e. The minimum absolute atomic E-state index is 0.00321. The lowest BCUT2D eigenvalue weighted by atomic mass is 10.0. The van der Waals surface area contributed by atoms with Gasteiger partial charge in [0.15, 0.2) is 0 Å². The first-order chi connectivity index (χ1) is 8.88. The van der Waals surface area contributed by atoms with Gasteiger partial charge in [0.1, 0.15) is 5.75 Å². The SMILES string of the molecule is C=CC[C@@H](N[S@](=O)C(C)(C)C)c1ccc(OC)cc1. The summed E-state index contributed by atoms with van der Waals surface area (Å²) in [5.41, 5.74) is 1.08. The number of ether oxygens (including phenoxy) is 1. The summed E-state index contributed by atoms with van der Waals surface area (Å²) in [6.07, 6.45) is 2.57. The van der Waals surface area contributed by atoms with Crippen LogP contribution in [0.15, 0.2) is 36.9 Å². The lowest BCUT2D eigenvalue weighted by molar-refractivity contribution is 0.414. The molecule has 1 N–H and O–H groups in total. The molecular formula is C15H23NO2S. The Bertz CT molecular complexity index is 434. The molecule has 2 atom stereocenters. The van der Waals surface area contributed by atoms with Gasteiger partial charge in [0.25, 0.3) is 0 Å². The van der Waals surface area contributed by atoms with Crippen molar-refractivity contribution >= 4 is 11.0 Å². The van der Waals surface area contributed by atoms with Crippen LogP contribution in [0, 0.1) is 0 Å². The Kier molecular flexibility index (Phi) is 5.76. The van der Waals surface area contributed by atoms with Gasteiger partial charge in [0.2, 0.25) is 0 Å². The first kappa shape index (κ1) is 15.9. The molecule has 0 heterocycles. The van der Waals surface area contributed by atoms with Crippen molar-refractivity contribution in [2.75, 3.05) is 7.11 Å². The van der Waals surface area contributed by atoms with Gasteiger partial charge in [-0.15, -0.1) is 6.58 Å². The van der Waals surface area contributed by atoms with Crippen LogP contribution in [0.2, 0.25) is 0 Å². The van der Waals surface area contributed by atoms with E-state index in [9.17, 15) is 4.21 Å². The number of hydrogen-bond donors (Lipinski definition) is 1. The van der Waals surface area contributed by atoms with Crippen LogP contribution in [0.4, 0.5) is 0 Å². The third kappa shape index (κ3) is 4.80. The maximum absolute atomic E-state index is 12.2. The van der Waals surface area contributed by atoms with Crippen LogP contribution in [0.25, 0.3) is 0 Å². The molecule has 0 aliphatic carbocycles. The van der Waals surface area contributed by atoms with E-state index in [0.29, 0.717) is 0 Å². The topological polar surface area (TPSA) is 38.3 Å². The predicted octanol–water partition coefficient (Wildman–Crippen LogP) is 3.36. The van der Waals surface area contributed by atoms with Crippen molar-refractivity contribution < 1.29 is 8.95 Å². The second-order valence-corrected chi connectivity index (χ2v) is 7.35. The van der Waals surface area contributed by atoms with Crippen molar-refractivity contribution in [3.05, 3.63) is 42.5 Å². The Morgan fingerprint density at radius 2 is 1.95 bits per heavy atom. The van der Waals surface area contributed by atoms with Crippen LogP contribution in [0.5, 0.6) is 5.75 Å². The highest BCUT2D eigenvalue weighted by atomic mass is 32.2. The van der Waals surface area contributed by atoms with E-state index in [1.165, 1.54) is 0 Å². The fraction of sp³-hybridized carbons (Fsp3) is 0.467. The minimum Gasteiger partial charge on any atom is -0.497 e. The molecule has 0 unspecified atom stereocenters. The van der Waals surface area contributed by atoms with Gasteiger partial charge in [-0.3, -0.25) is 0 Å². The molecule has 19 heavy (non-hydrogen) atoms. The number of benzene rings is 1. The molecule has 0 radical (unpaired) electrons. The monoisotopic (exact) mass is 281 g/mol. The van der Waals surface area contributed by atoms with Crippen LogP contribution in [-0.2, 0) is 11.0 Å². The maximum Gasteiger partial charge on any atom is 0.118 e. The molecule has 1 aromatic rings. The third-order valence-electron chi connectivity index (χ3n) is 2.73. The molecule has 4 heteroatoms. The van der Waals surface area contributed by atoms with E-state index in [1.54, 1.807) is 7.11 Å². The van der Waals surface area contributed by atoms with Crippen molar-refractivity contribution in [1.29, 1.82) is 0 Å². The van der Waals surface area contributed by atoms with Gasteiger partial charge in [-0.1, -0.05) is 18.2 Å². The van der Waals surface area contributed by atoms with Crippen LogP contribution in [0.3, 0.4) is 0 Å². The second kappa shape index (κ2) is 6.87. The zero-order chi connectivity index (χ0) is 14.5. The van der Waals surface area contributed by atoms with Crippen molar-refractivity contribution in [2.24, 2.45) is 0 Å². The molecule has 0 aliphatic rings. The second-order valence-electron chi connectivity index (χ2n) is 5.35. The number of nitrogens with one attached hydrogen (secondary N) is 1. The summed E-state index contributed by atoms with van der Waals surface area (Å²) in [4.78, 5) is 0. The standard InChI is InChI=1S/C15H23NO2S/c1-6-7-14(16-19(17)15(2,3)4)12-8-10-13(18-5)11-9-12/h6,8-11,14,16H,1,7H2,2-5H3/t14-,19-/m1/s1. The smallest absolute Gasteiger partial charge is 0.118 e. The Hall–Kier alpha value is -1.13. The van der Waals surface area contributed by atoms with Crippen LogP contribution < -0.4 is 9.46 Å². The highest BCUT2D eigenvalue weighted by Gasteiger charge is 2.23. The molecule has 1 aromatic carbocycles. The van der Waals surface area contributed by atoms with Gasteiger partial charge in [-0.05, 0) is 44.9 Å².